The molecule has 1 unspecified atom stereocenters. The zero-order chi connectivity index (χ0) is 11.5. The van der Waals surface area contributed by atoms with E-state index < -0.39 is 0 Å². The Bertz CT molecular complexity index is 428. The molecule has 1 aliphatic heterocycles. The Morgan fingerprint density at radius 2 is 2.12 bits per heavy atom. The van der Waals surface area contributed by atoms with Crippen LogP contribution >= 0.6 is 11.6 Å². The van der Waals surface area contributed by atoms with Gasteiger partial charge in [0.1, 0.15) is 0 Å². The van der Waals surface area contributed by atoms with E-state index in [9.17, 15) is 9.90 Å². The van der Waals surface area contributed by atoms with Crippen molar-refractivity contribution in [3.63, 3.8) is 0 Å². The van der Waals surface area contributed by atoms with E-state index in [1.807, 2.05) is 12.1 Å². The van der Waals surface area contributed by atoms with Crippen molar-refractivity contribution in [2.75, 3.05) is 6.61 Å². The predicted octanol–water partition coefficient (Wildman–Crippen LogP) is 1.17. The lowest BCUT2D eigenvalue weighted by atomic mass is 9.93. The molecule has 0 aliphatic carbocycles. The molecule has 0 spiro atoms. The van der Waals surface area contributed by atoms with Gasteiger partial charge < -0.3 is 5.11 Å². The highest BCUT2D eigenvalue weighted by Gasteiger charge is 2.24. The molecule has 0 saturated heterocycles. The summed E-state index contributed by atoms with van der Waals surface area (Å²) in [5, 5.41) is 13.8. The first-order valence-electron chi connectivity index (χ1n) is 4.94. The first-order valence-corrected chi connectivity index (χ1v) is 5.31. The van der Waals surface area contributed by atoms with Gasteiger partial charge >= 0.3 is 0 Å². The van der Waals surface area contributed by atoms with E-state index in [0.717, 1.165) is 5.56 Å². The summed E-state index contributed by atoms with van der Waals surface area (Å²) in [4.78, 5) is 11.1. The molecule has 1 aromatic rings. The maximum absolute atomic E-state index is 11.1. The van der Waals surface area contributed by atoms with Gasteiger partial charge in [0, 0.05) is 17.4 Å². The number of nitrogens with zero attached hydrogens (tertiary/aromatic N) is 1. The fraction of sp³-hybridized carbons (Fsp3) is 0.273. The van der Waals surface area contributed by atoms with E-state index >= 15 is 0 Å². The summed E-state index contributed by atoms with van der Waals surface area (Å²) in [6.45, 7) is -0.0884. The number of aliphatic hydroxyl groups excluding tert-OH is 1. The monoisotopic (exact) mass is 238 g/mol. The molecule has 84 valence electrons. The molecule has 16 heavy (non-hydrogen) atoms. The fourth-order valence-electron chi connectivity index (χ4n) is 1.65. The smallest absolute Gasteiger partial charge is 0.240 e. The molecular formula is C11H11ClN2O2. The van der Waals surface area contributed by atoms with Gasteiger partial charge in [0.2, 0.25) is 5.91 Å². The van der Waals surface area contributed by atoms with Crippen molar-refractivity contribution in [3.8, 4) is 0 Å². The summed E-state index contributed by atoms with van der Waals surface area (Å²) in [6, 6.07) is 7.15. The molecule has 5 heteroatoms. The van der Waals surface area contributed by atoms with E-state index in [2.05, 4.69) is 10.5 Å². The van der Waals surface area contributed by atoms with Gasteiger partial charge in [-0.25, -0.2) is 5.43 Å². The lowest BCUT2D eigenvalue weighted by molar-refractivity contribution is -0.122. The van der Waals surface area contributed by atoms with Crippen LogP contribution < -0.4 is 5.43 Å². The summed E-state index contributed by atoms with van der Waals surface area (Å²) in [5.41, 5.74) is 3.97. The molecule has 0 bridgehead atoms. The zero-order valence-corrected chi connectivity index (χ0v) is 9.24. The molecule has 2 N–H and O–H groups in total. The summed E-state index contributed by atoms with van der Waals surface area (Å²) in [5.74, 6) is -0.410. The van der Waals surface area contributed by atoms with Crippen LogP contribution in [0.4, 0.5) is 0 Å². The standard InChI is InChI=1S/C11H11ClN2O2/c12-9-3-1-7(2-4-9)11-8(6-15)5-10(16)13-14-11/h1-4,8,15H,5-6H2,(H,13,16). The van der Waals surface area contributed by atoms with Gasteiger partial charge in [-0.15, -0.1) is 0 Å². The van der Waals surface area contributed by atoms with E-state index in [1.54, 1.807) is 12.1 Å². The Labute approximate surface area is 97.9 Å². The van der Waals surface area contributed by atoms with E-state index in [4.69, 9.17) is 11.6 Å². The van der Waals surface area contributed by atoms with Gasteiger partial charge in [0.05, 0.1) is 12.3 Å². The third-order valence-electron chi connectivity index (χ3n) is 2.48. The van der Waals surface area contributed by atoms with Crippen LogP contribution in [0.1, 0.15) is 12.0 Å². The van der Waals surface area contributed by atoms with Crippen molar-refractivity contribution in [3.05, 3.63) is 34.9 Å². The van der Waals surface area contributed by atoms with Crippen molar-refractivity contribution in [1.82, 2.24) is 5.43 Å². The first kappa shape index (κ1) is 11.1. The highest BCUT2D eigenvalue weighted by Crippen LogP contribution is 2.18. The number of carbonyl (C=O) groups excluding carboxylic acids is 1. The van der Waals surface area contributed by atoms with Gasteiger partial charge in [-0.2, -0.15) is 5.10 Å². The van der Waals surface area contributed by atoms with Crippen LogP contribution in [0.15, 0.2) is 29.4 Å². The zero-order valence-electron chi connectivity index (χ0n) is 8.48. The van der Waals surface area contributed by atoms with Gasteiger partial charge in [-0.3, -0.25) is 4.79 Å². The fourth-order valence-corrected chi connectivity index (χ4v) is 1.78. The molecule has 0 fully saturated rings. The van der Waals surface area contributed by atoms with Crippen molar-refractivity contribution in [2.24, 2.45) is 11.0 Å². The predicted molar refractivity (Wildman–Crippen MR) is 61.3 cm³/mol. The molecule has 1 heterocycles. The van der Waals surface area contributed by atoms with E-state index in [-0.39, 0.29) is 24.9 Å². The molecule has 1 amide bonds. The molecule has 4 nitrogen and oxygen atoms in total. The number of aliphatic hydroxyl groups is 1. The second-order valence-electron chi connectivity index (χ2n) is 3.62. The van der Waals surface area contributed by atoms with Crippen molar-refractivity contribution < 1.29 is 9.90 Å². The van der Waals surface area contributed by atoms with Crippen LogP contribution in [0.25, 0.3) is 0 Å². The number of hydrogen-bond donors (Lipinski definition) is 2. The average Bonchev–Trinajstić information content (AvgIpc) is 2.30. The Hall–Kier alpha value is -1.39. The largest absolute Gasteiger partial charge is 0.396 e. The number of amides is 1. The Morgan fingerprint density at radius 1 is 1.44 bits per heavy atom. The highest BCUT2D eigenvalue weighted by atomic mass is 35.5. The SMILES string of the molecule is O=C1CC(CO)C(c2ccc(Cl)cc2)=NN1. The van der Waals surface area contributed by atoms with Gasteiger partial charge in [-0.05, 0) is 17.7 Å². The summed E-state index contributed by atoms with van der Waals surface area (Å²) < 4.78 is 0. The lowest BCUT2D eigenvalue weighted by Gasteiger charge is -2.20. The maximum atomic E-state index is 11.1. The third kappa shape index (κ3) is 2.23. The maximum Gasteiger partial charge on any atom is 0.240 e. The number of rotatable bonds is 2. The number of carbonyl (C=O) groups is 1. The molecule has 1 aliphatic rings. The van der Waals surface area contributed by atoms with E-state index in [1.165, 1.54) is 0 Å². The van der Waals surface area contributed by atoms with E-state index in [0.29, 0.717) is 10.7 Å². The molecule has 0 saturated carbocycles. The Balaban J connectivity index is 2.31. The lowest BCUT2D eigenvalue weighted by Crippen LogP contribution is -2.35. The van der Waals surface area contributed by atoms with Crippen LogP contribution in [0.2, 0.25) is 5.02 Å². The Kier molecular flexibility index (Phi) is 3.22. The Morgan fingerprint density at radius 3 is 2.75 bits per heavy atom. The second-order valence-corrected chi connectivity index (χ2v) is 4.06. The minimum Gasteiger partial charge on any atom is -0.396 e. The normalized spacial score (nSPS) is 20.2. The summed E-state index contributed by atoms with van der Waals surface area (Å²) in [6.07, 6.45) is 0.262. The van der Waals surface area contributed by atoms with Crippen LogP contribution in [0.3, 0.4) is 0 Å². The average molecular weight is 239 g/mol. The van der Waals surface area contributed by atoms with Crippen molar-refractivity contribution in [1.29, 1.82) is 0 Å². The molecule has 0 aromatic heterocycles. The topological polar surface area (TPSA) is 61.7 Å². The van der Waals surface area contributed by atoms with Gasteiger partial charge in [0.15, 0.2) is 0 Å². The molecule has 0 radical (unpaired) electrons. The van der Waals surface area contributed by atoms with Crippen LogP contribution in [-0.4, -0.2) is 23.3 Å². The summed E-state index contributed by atoms with van der Waals surface area (Å²) >= 11 is 5.79. The molecular weight excluding hydrogens is 228 g/mol. The number of halogens is 1. The van der Waals surface area contributed by atoms with Crippen LogP contribution in [0.5, 0.6) is 0 Å². The van der Waals surface area contributed by atoms with Crippen LogP contribution in [-0.2, 0) is 4.79 Å². The summed E-state index contributed by atoms with van der Waals surface area (Å²) in [7, 11) is 0. The third-order valence-corrected chi connectivity index (χ3v) is 2.73. The van der Waals surface area contributed by atoms with Gasteiger partial charge in [-0.1, -0.05) is 23.7 Å². The molecule has 1 atom stereocenters. The van der Waals surface area contributed by atoms with Gasteiger partial charge in [0.25, 0.3) is 0 Å². The van der Waals surface area contributed by atoms with Crippen LogP contribution in [0, 0.1) is 5.92 Å². The molecule has 1 aromatic carbocycles. The minimum atomic E-state index is -0.241. The number of benzene rings is 1. The number of hydrazone groups is 1. The second kappa shape index (κ2) is 4.63. The minimum absolute atomic E-state index is 0.0884. The molecule has 2 rings (SSSR count). The van der Waals surface area contributed by atoms with Crippen molar-refractivity contribution >= 4 is 23.2 Å². The van der Waals surface area contributed by atoms with Crippen molar-refractivity contribution in [2.45, 2.75) is 6.42 Å². The number of hydrogen-bond acceptors (Lipinski definition) is 3. The highest BCUT2D eigenvalue weighted by molar-refractivity contribution is 6.30. The number of nitrogens with one attached hydrogen (secondary N) is 1. The first-order chi connectivity index (χ1) is 7.70. The quantitative estimate of drug-likeness (QED) is 0.813.